The number of halogens is 1. The van der Waals surface area contributed by atoms with Crippen molar-refractivity contribution in [2.45, 2.75) is 12.1 Å². The van der Waals surface area contributed by atoms with Gasteiger partial charge in [-0.2, -0.15) is 0 Å². The highest BCUT2D eigenvalue weighted by atomic mass is 79.9. The number of hydrogen-bond acceptors (Lipinski definition) is 5. The van der Waals surface area contributed by atoms with Crippen molar-refractivity contribution in [3.8, 4) is 0 Å². The van der Waals surface area contributed by atoms with Crippen molar-refractivity contribution >= 4 is 33.7 Å². The van der Waals surface area contributed by atoms with Crippen LogP contribution in [0.1, 0.15) is 6.92 Å². The van der Waals surface area contributed by atoms with Crippen molar-refractivity contribution < 1.29 is 9.53 Å². The Bertz CT molecular complexity index is 331. The predicted octanol–water partition coefficient (Wildman–Crippen LogP) is 2.14. The van der Waals surface area contributed by atoms with Crippen molar-refractivity contribution in [3.63, 3.8) is 0 Å². The van der Waals surface area contributed by atoms with Gasteiger partial charge in [0.2, 0.25) is 0 Å². The molecule has 0 aliphatic carbocycles. The zero-order chi connectivity index (χ0) is 11.3. The molecule has 0 fully saturated rings. The molecule has 0 aliphatic rings. The van der Waals surface area contributed by atoms with Crippen LogP contribution in [-0.4, -0.2) is 28.8 Å². The number of hydrogen-bond donors (Lipinski definition) is 0. The lowest BCUT2D eigenvalue weighted by atomic mass is 10.2. The molecule has 1 atom stereocenters. The summed E-state index contributed by atoms with van der Waals surface area (Å²) in [6.45, 7) is 1.82. The molecular weight excluding hydrogens is 280 g/mol. The first kappa shape index (κ1) is 12.4. The fourth-order valence-electron chi connectivity index (χ4n) is 0.844. The highest BCUT2D eigenvalue weighted by Gasteiger charge is 2.13. The highest BCUT2D eigenvalue weighted by molar-refractivity contribution is 9.10. The molecule has 0 radical (unpaired) electrons. The second-order valence-corrected chi connectivity index (χ2v) is 4.82. The SMILES string of the molecule is COC(=O)[C@H](C)CSc1ncc(Br)cn1. The van der Waals surface area contributed by atoms with Crippen LogP contribution in [0, 0.1) is 5.92 Å². The van der Waals surface area contributed by atoms with E-state index in [-0.39, 0.29) is 11.9 Å². The number of aromatic nitrogens is 2. The molecule has 0 saturated carbocycles. The van der Waals surface area contributed by atoms with Crippen LogP contribution in [0.2, 0.25) is 0 Å². The van der Waals surface area contributed by atoms with E-state index in [9.17, 15) is 4.79 Å². The number of methoxy groups -OCH3 is 1. The van der Waals surface area contributed by atoms with Gasteiger partial charge in [0.1, 0.15) is 0 Å². The number of rotatable bonds is 4. The summed E-state index contributed by atoms with van der Waals surface area (Å²) in [5.74, 6) is 0.265. The van der Waals surface area contributed by atoms with Crippen molar-refractivity contribution in [2.75, 3.05) is 12.9 Å². The van der Waals surface area contributed by atoms with Crippen molar-refractivity contribution in [1.82, 2.24) is 9.97 Å². The van der Waals surface area contributed by atoms with Gasteiger partial charge >= 0.3 is 5.97 Å². The molecule has 1 heterocycles. The van der Waals surface area contributed by atoms with Gasteiger partial charge in [0.15, 0.2) is 5.16 Å². The molecule has 0 aliphatic heterocycles. The number of ether oxygens (including phenoxy) is 1. The monoisotopic (exact) mass is 290 g/mol. The molecule has 0 unspecified atom stereocenters. The summed E-state index contributed by atoms with van der Waals surface area (Å²) in [5.41, 5.74) is 0. The third-order valence-corrected chi connectivity index (χ3v) is 3.21. The third kappa shape index (κ3) is 4.17. The van der Waals surface area contributed by atoms with E-state index in [2.05, 4.69) is 30.6 Å². The fourth-order valence-corrected chi connectivity index (χ4v) is 1.84. The number of carbonyl (C=O) groups is 1. The lowest BCUT2D eigenvalue weighted by Gasteiger charge is -2.07. The van der Waals surface area contributed by atoms with Gasteiger partial charge in [-0.25, -0.2) is 9.97 Å². The fraction of sp³-hybridized carbons (Fsp3) is 0.444. The maximum absolute atomic E-state index is 11.1. The lowest BCUT2D eigenvalue weighted by Crippen LogP contribution is -2.14. The number of nitrogens with zero attached hydrogens (tertiary/aromatic N) is 2. The van der Waals surface area contributed by atoms with E-state index in [1.54, 1.807) is 12.4 Å². The molecule has 0 spiro atoms. The smallest absolute Gasteiger partial charge is 0.309 e. The molecule has 6 heteroatoms. The van der Waals surface area contributed by atoms with E-state index in [4.69, 9.17) is 0 Å². The minimum Gasteiger partial charge on any atom is -0.469 e. The summed E-state index contributed by atoms with van der Waals surface area (Å²) < 4.78 is 5.46. The van der Waals surface area contributed by atoms with E-state index in [0.29, 0.717) is 10.9 Å². The minimum atomic E-state index is -0.209. The lowest BCUT2D eigenvalue weighted by molar-refractivity contribution is -0.143. The van der Waals surface area contributed by atoms with E-state index < -0.39 is 0 Å². The van der Waals surface area contributed by atoms with Crippen LogP contribution in [0.25, 0.3) is 0 Å². The molecule has 82 valence electrons. The molecule has 0 N–H and O–H groups in total. The summed E-state index contributed by atoms with van der Waals surface area (Å²) in [5, 5.41) is 0.661. The van der Waals surface area contributed by atoms with Crippen LogP contribution in [0.15, 0.2) is 22.0 Å². The van der Waals surface area contributed by atoms with Gasteiger partial charge in [-0.1, -0.05) is 18.7 Å². The average molecular weight is 291 g/mol. The highest BCUT2D eigenvalue weighted by Crippen LogP contribution is 2.17. The second-order valence-electron chi connectivity index (χ2n) is 2.92. The quantitative estimate of drug-likeness (QED) is 0.483. The summed E-state index contributed by atoms with van der Waals surface area (Å²) >= 11 is 4.69. The van der Waals surface area contributed by atoms with Gasteiger partial charge in [0.25, 0.3) is 0 Å². The van der Waals surface area contributed by atoms with Gasteiger partial charge < -0.3 is 4.74 Å². The summed E-state index contributed by atoms with van der Waals surface area (Å²) in [7, 11) is 1.39. The maximum atomic E-state index is 11.1. The van der Waals surface area contributed by atoms with Crippen molar-refractivity contribution in [3.05, 3.63) is 16.9 Å². The van der Waals surface area contributed by atoms with Crippen molar-refractivity contribution in [2.24, 2.45) is 5.92 Å². The Labute approximate surface area is 101 Å². The van der Waals surface area contributed by atoms with Crippen LogP contribution in [0.4, 0.5) is 0 Å². The second kappa shape index (κ2) is 6.07. The van der Waals surface area contributed by atoms with Crippen LogP contribution >= 0.6 is 27.7 Å². The topological polar surface area (TPSA) is 52.1 Å². The summed E-state index contributed by atoms with van der Waals surface area (Å²) in [6, 6.07) is 0. The van der Waals surface area contributed by atoms with Crippen molar-refractivity contribution in [1.29, 1.82) is 0 Å². The van der Waals surface area contributed by atoms with Gasteiger partial charge in [-0.05, 0) is 15.9 Å². The van der Waals surface area contributed by atoms with Crippen LogP contribution in [0.5, 0.6) is 0 Å². The van der Waals surface area contributed by atoms with E-state index in [1.165, 1.54) is 18.9 Å². The molecule has 0 amide bonds. The van der Waals surface area contributed by atoms with E-state index in [1.807, 2.05) is 6.92 Å². The first-order valence-corrected chi connectivity index (χ1v) is 6.09. The van der Waals surface area contributed by atoms with Gasteiger partial charge in [0.05, 0.1) is 17.5 Å². The van der Waals surface area contributed by atoms with Gasteiger partial charge in [-0.15, -0.1) is 0 Å². The summed E-state index contributed by atoms with van der Waals surface area (Å²) in [4.78, 5) is 19.3. The number of esters is 1. The molecular formula is C9H11BrN2O2S. The Balaban J connectivity index is 2.43. The van der Waals surface area contributed by atoms with E-state index >= 15 is 0 Å². The van der Waals surface area contributed by atoms with Crippen LogP contribution in [-0.2, 0) is 9.53 Å². The molecule has 0 saturated heterocycles. The molecule has 0 bridgehead atoms. The molecule has 4 nitrogen and oxygen atoms in total. The number of thioether (sulfide) groups is 1. The van der Waals surface area contributed by atoms with E-state index in [0.717, 1.165) is 4.47 Å². The Morgan fingerprint density at radius 2 is 2.20 bits per heavy atom. The standard InChI is InChI=1S/C9H11BrN2O2S/c1-6(8(13)14-2)5-15-9-11-3-7(10)4-12-9/h3-4,6H,5H2,1-2H3/t6-/m1/s1. The predicted molar refractivity (Wildman–Crippen MR) is 61.6 cm³/mol. The maximum Gasteiger partial charge on any atom is 0.309 e. The van der Waals surface area contributed by atoms with Gasteiger partial charge in [-0.3, -0.25) is 4.79 Å². The molecule has 0 aromatic carbocycles. The molecule has 1 aromatic heterocycles. The Morgan fingerprint density at radius 1 is 1.60 bits per heavy atom. The van der Waals surface area contributed by atoms with Gasteiger partial charge in [0, 0.05) is 18.1 Å². The van der Waals surface area contributed by atoms with Crippen LogP contribution in [0.3, 0.4) is 0 Å². The normalized spacial score (nSPS) is 12.2. The first-order valence-electron chi connectivity index (χ1n) is 4.31. The Morgan fingerprint density at radius 3 is 2.73 bits per heavy atom. The minimum absolute atomic E-state index is 0.146. The third-order valence-electron chi connectivity index (χ3n) is 1.66. The average Bonchev–Trinajstić information content (AvgIpc) is 2.26. The zero-order valence-electron chi connectivity index (χ0n) is 8.44. The molecule has 1 aromatic rings. The zero-order valence-corrected chi connectivity index (χ0v) is 10.8. The number of carbonyl (C=O) groups excluding carboxylic acids is 1. The largest absolute Gasteiger partial charge is 0.469 e. The first-order chi connectivity index (χ1) is 7.13. The molecule has 1 rings (SSSR count). The molecule has 15 heavy (non-hydrogen) atoms. The van der Waals surface area contributed by atoms with Crippen LogP contribution < -0.4 is 0 Å². The summed E-state index contributed by atoms with van der Waals surface area (Å²) in [6.07, 6.45) is 3.36. The Kier molecular flexibility index (Phi) is 5.04. The Hall–Kier alpha value is -0.620.